The van der Waals surface area contributed by atoms with Crippen LogP contribution in [-0.2, 0) is 0 Å². The molecule has 0 aromatic carbocycles. The first-order valence-corrected chi connectivity index (χ1v) is 5.51. The summed E-state index contributed by atoms with van der Waals surface area (Å²) in [6.07, 6.45) is 3.11. The molecule has 0 fully saturated rings. The van der Waals surface area contributed by atoms with Gasteiger partial charge in [-0.3, -0.25) is 14.9 Å². The van der Waals surface area contributed by atoms with E-state index < -0.39 is 16.0 Å². The van der Waals surface area contributed by atoms with Crippen LogP contribution in [0.1, 0.15) is 26.7 Å². The lowest BCUT2D eigenvalue weighted by atomic mass is 10.1. The van der Waals surface area contributed by atoms with Crippen molar-refractivity contribution in [2.75, 3.05) is 6.61 Å². The molecule has 0 amide bonds. The Morgan fingerprint density at radius 2 is 2.24 bits per heavy atom. The summed E-state index contributed by atoms with van der Waals surface area (Å²) in [5.41, 5.74) is -1.18. The van der Waals surface area contributed by atoms with Crippen molar-refractivity contribution in [1.29, 1.82) is 0 Å². The summed E-state index contributed by atoms with van der Waals surface area (Å²) < 4.78 is 5.23. The van der Waals surface area contributed by atoms with E-state index in [2.05, 4.69) is 18.8 Å². The van der Waals surface area contributed by atoms with Gasteiger partial charge in [0.1, 0.15) is 0 Å². The van der Waals surface area contributed by atoms with Crippen molar-refractivity contribution in [3.63, 3.8) is 0 Å². The fourth-order valence-electron chi connectivity index (χ4n) is 1.40. The third-order valence-corrected chi connectivity index (χ3v) is 2.25. The molecule has 0 radical (unpaired) electrons. The summed E-state index contributed by atoms with van der Waals surface area (Å²) in [4.78, 5) is 23.8. The number of nitrogens with one attached hydrogen (secondary N) is 1. The van der Waals surface area contributed by atoms with Crippen LogP contribution in [-0.4, -0.2) is 16.5 Å². The molecule has 0 saturated carbocycles. The Kier molecular flexibility index (Phi) is 4.68. The minimum Gasteiger partial charge on any atom is -0.474 e. The number of hydrogen-bond donors (Lipinski definition) is 1. The number of pyridine rings is 1. The highest BCUT2D eigenvalue weighted by Gasteiger charge is 2.19. The van der Waals surface area contributed by atoms with Gasteiger partial charge in [-0.25, -0.2) is 0 Å². The number of nitrogens with zero attached hydrogens (tertiary/aromatic N) is 1. The number of aromatic nitrogens is 1. The van der Waals surface area contributed by atoms with Crippen LogP contribution in [0.15, 0.2) is 17.1 Å². The molecule has 1 aromatic rings. The topological polar surface area (TPSA) is 85.2 Å². The molecule has 94 valence electrons. The molecule has 0 spiro atoms. The lowest BCUT2D eigenvalue weighted by molar-refractivity contribution is -0.387. The molecule has 1 rings (SSSR count). The molecule has 0 aliphatic carbocycles. The summed E-state index contributed by atoms with van der Waals surface area (Å²) in [5, 5.41) is 10.7. The second-order valence-corrected chi connectivity index (χ2v) is 4.16. The Bertz CT molecular complexity index is 439. The van der Waals surface area contributed by atoms with Gasteiger partial charge in [-0.15, -0.1) is 0 Å². The Morgan fingerprint density at radius 1 is 1.53 bits per heavy atom. The van der Waals surface area contributed by atoms with Crippen LogP contribution in [0.5, 0.6) is 5.88 Å². The molecule has 1 heterocycles. The normalized spacial score (nSPS) is 10.5. The third-order valence-electron chi connectivity index (χ3n) is 2.25. The quantitative estimate of drug-likeness (QED) is 0.468. The number of ether oxygens (including phenoxy) is 1. The molecule has 0 aliphatic rings. The van der Waals surface area contributed by atoms with Crippen molar-refractivity contribution in [1.82, 2.24) is 4.98 Å². The minimum atomic E-state index is -0.726. The van der Waals surface area contributed by atoms with E-state index >= 15 is 0 Å². The van der Waals surface area contributed by atoms with Gasteiger partial charge in [0.05, 0.1) is 11.5 Å². The molecule has 6 nitrogen and oxygen atoms in total. The molecule has 0 unspecified atom stereocenters. The number of H-pyrrole nitrogens is 1. The second-order valence-electron chi connectivity index (χ2n) is 4.16. The highest BCUT2D eigenvalue weighted by Crippen LogP contribution is 2.18. The Hall–Kier alpha value is -1.85. The lowest BCUT2D eigenvalue weighted by Crippen LogP contribution is -2.11. The lowest BCUT2D eigenvalue weighted by Gasteiger charge is -2.07. The summed E-state index contributed by atoms with van der Waals surface area (Å²) >= 11 is 0. The Balaban J connectivity index is 2.68. The summed E-state index contributed by atoms with van der Waals surface area (Å²) in [6, 6.07) is 1.11. The van der Waals surface area contributed by atoms with Gasteiger partial charge >= 0.3 is 5.69 Å². The number of nitro groups is 1. The van der Waals surface area contributed by atoms with Crippen LogP contribution in [0.2, 0.25) is 0 Å². The van der Waals surface area contributed by atoms with E-state index in [4.69, 9.17) is 4.74 Å². The average molecular weight is 240 g/mol. The summed E-state index contributed by atoms with van der Waals surface area (Å²) in [7, 11) is 0. The Labute approximate surface area is 98.8 Å². The predicted molar refractivity (Wildman–Crippen MR) is 63.3 cm³/mol. The van der Waals surface area contributed by atoms with Crippen LogP contribution in [0.25, 0.3) is 0 Å². The van der Waals surface area contributed by atoms with E-state index in [0.29, 0.717) is 12.5 Å². The van der Waals surface area contributed by atoms with Crippen molar-refractivity contribution in [2.45, 2.75) is 26.7 Å². The zero-order chi connectivity index (χ0) is 12.8. The molecule has 0 atom stereocenters. The largest absolute Gasteiger partial charge is 0.474 e. The van der Waals surface area contributed by atoms with E-state index in [1.807, 2.05) is 0 Å². The molecule has 0 saturated heterocycles. The van der Waals surface area contributed by atoms with Gasteiger partial charge in [0, 0.05) is 12.3 Å². The molecular formula is C11H16N2O4. The van der Waals surface area contributed by atoms with E-state index in [1.54, 1.807) is 0 Å². The van der Waals surface area contributed by atoms with Crippen LogP contribution in [0.3, 0.4) is 0 Å². The molecule has 1 N–H and O–H groups in total. The number of hydrogen-bond acceptors (Lipinski definition) is 4. The van der Waals surface area contributed by atoms with Crippen molar-refractivity contribution < 1.29 is 9.66 Å². The van der Waals surface area contributed by atoms with Gasteiger partial charge in [0.2, 0.25) is 0 Å². The maximum Gasteiger partial charge on any atom is 0.375 e. The fraction of sp³-hybridized carbons (Fsp3) is 0.545. The highest BCUT2D eigenvalue weighted by molar-refractivity contribution is 5.39. The van der Waals surface area contributed by atoms with E-state index in [-0.39, 0.29) is 5.88 Å². The number of rotatable bonds is 6. The molecule has 17 heavy (non-hydrogen) atoms. The second kappa shape index (κ2) is 6.03. The van der Waals surface area contributed by atoms with Crippen LogP contribution in [0.4, 0.5) is 5.69 Å². The summed E-state index contributed by atoms with van der Waals surface area (Å²) in [5.74, 6) is 0.495. The zero-order valence-electron chi connectivity index (χ0n) is 9.93. The van der Waals surface area contributed by atoms with Gasteiger partial charge in [-0.05, 0) is 18.8 Å². The first-order valence-electron chi connectivity index (χ1n) is 5.51. The van der Waals surface area contributed by atoms with Gasteiger partial charge in [-0.2, -0.15) is 0 Å². The molecule has 0 aliphatic heterocycles. The fourth-order valence-corrected chi connectivity index (χ4v) is 1.40. The molecule has 6 heteroatoms. The van der Waals surface area contributed by atoms with E-state index in [1.165, 1.54) is 6.20 Å². The van der Waals surface area contributed by atoms with Crippen LogP contribution < -0.4 is 10.2 Å². The minimum absolute atomic E-state index is 0.0637. The van der Waals surface area contributed by atoms with Gasteiger partial charge < -0.3 is 9.72 Å². The third kappa shape index (κ3) is 3.90. The standard InChI is InChI=1S/C11H16N2O4/c1-8(2)4-3-7-17-11-10(13(15)16)9(14)5-6-12-11/h5-6,8H,3-4,7H2,1-2H3,(H,12,14). The van der Waals surface area contributed by atoms with Crippen molar-refractivity contribution >= 4 is 5.69 Å². The van der Waals surface area contributed by atoms with Gasteiger partial charge in [-0.1, -0.05) is 13.8 Å². The SMILES string of the molecule is CC(C)CCCOc1[nH]ccc(=O)c1[N+](=O)[O-]. The highest BCUT2D eigenvalue weighted by atomic mass is 16.6. The van der Waals surface area contributed by atoms with Gasteiger partial charge in [0.15, 0.2) is 0 Å². The zero-order valence-corrected chi connectivity index (χ0v) is 9.93. The van der Waals surface area contributed by atoms with E-state index in [9.17, 15) is 14.9 Å². The van der Waals surface area contributed by atoms with Crippen LogP contribution >= 0.6 is 0 Å². The molecule has 1 aromatic heterocycles. The summed E-state index contributed by atoms with van der Waals surface area (Å²) in [6.45, 7) is 4.54. The monoisotopic (exact) mass is 240 g/mol. The maximum atomic E-state index is 11.3. The maximum absolute atomic E-state index is 11.3. The first kappa shape index (κ1) is 13.2. The van der Waals surface area contributed by atoms with E-state index in [0.717, 1.165) is 18.9 Å². The molecule has 0 bridgehead atoms. The van der Waals surface area contributed by atoms with Crippen molar-refractivity contribution in [3.8, 4) is 5.88 Å². The number of aromatic amines is 1. The van der Waals surface area contributed by atoms with Crippen molar-refractivity contribution in [3.05, 3.63) is 32.6 Å². The predicted octanol–water partition coefficient (Wildman–Crippen LogP) is 2.10. The first-order chi connectivity index (χ1) is 8.02. The van der Waals surface area contributed by atoms with Crippen LogP contribution in [0, 0.1) is 16.0 Å². The van der Waals surface area contributed by atoms with Crippen molar-refractivity contribution in [2.24, 2.45) is 5.92 Å². The Morgan fingerprint density at radius 3 is 2.82 bits per heavy atom. The van der Waals surface area contributed by atoms with Gasteiger partial charge in [0.25, 0.3) is 11.3 Å². The molecular weight excluding hydrogens is 224 g/mol. The average Bonchev–Trinajstić information content (AvgIpc) is 2.23. The smallest absolute Gasteiger partial charge is 0.375 e.